The first kappa shape index (κ1) is 18.5. The van der Waals surface area contributed by atoms with Crippen molar-refractivity contribution >= 4 is 18.0 Å². The average Bonchev–Trinajstić information content (AvgIpc) is 2.43. The molecule has 2 amide bonds. The molecule has 2 N–H and O–H groups in total. The van der Waals surface area contributed by atoms with Crippen LogP contribution in [0.2, 0.25) is 0 Å². The lowest BCUT2D eigenvalue weighted by atomic mass is 9.67. The van der Waals surface area contributed by atoms with Gasteiger partial charge in [0.1, 0.15) is 17.7 Å². The van der Waals surface area contributed by atoms with Crippen molar-refractivity contribution in [1.82, 2.24) is 10.2 Å². The second-order valence-electron chi connectivity index (χ2n) is 7.72. The third-order valence-electron chi connectivity index (χ3n) is 4.93. The zero-order valence-electron chi connectivity index (χ0n) is 14.8. The zero-order chi connectivity index (χ0) is 18.0. The monoisotopic (exact) mass is 340 g/mol. The van der Waals surface area contributed by atoms with Gasteiger partial charge in [-0.05, 0) is 46.0 Å². The molecule has 1 unspecified atom stereocenters. The van der Waals surface area contributed by atoms with Gasteiger partial charge in [-0.15, -0.1) is 0 Å². The number of alkyl carbamates (subject to hydrolysis) is 1. The van der Waals surface area contributed by atoms with Gasteiger partial charge in [-0.1, -0.05) is 19.3 Å². The summed E-state index contributed by atoms with van der Waals surface area (Å²) in [5.41, 5.74) is -1.73. The maximum absolute atomic E-state index is 12.5. The van der Waals surface area contributed by atoms with Gasteiger partial charge in [-0.2, -0.15) is 0 Å². The number of likely N-dealkylation sites (tertiary alicyclic amines) is 1. The number of ether oxygens (including phenoxy) is 1. The van der Waals surface area contributed by atoms with E-state index in [1.165, 1.54) is 4.90 Å². The van der Waals surface area contributed by atoms with Crippen LogP contribution in [0.4, 0.5) is 4.79 Å². The SMILES string of the molecule is CC(C)(C)OC(=O)NCC(=O)N1CCC1(C(=O)O)C1CCCCC1. The number of hydrogen-bond donors (Lipinski definition) is 2. The third-order valence-corrected chi connectivity index (χ3v) is 4.93. The van der Waals surface area contributed by atoms with Crippen molar-refractivity contribution in [3.8, 4) is 0 Å². The highest BCUT2D eigenvalue weighted by molar-refractivity contribution is 5.91. The molecular formula is C17H28N2O5. The molecule has 7 heteroatoms. The van der Waals surface area contributed by atoms with Gasteiger partial charge in [-0.3, -0.25) is 4.79 Å². The smallest absolute Gasteiger partial charge is 0.408 e. The maximum atomic E-state index is 12.5. The Morgan fingerprint density at radius 2 is 1.83 bits per heavy atom. The second kappa shape index (κ2) is 6.99. The Balaban J connectivity index is 1.98. The lowest BCUT2D eigenvalue weighted by molar-refractivity contribution is -0.179. The minimum Gasteiger partial charge on any atom is -0.479 e. The predicted molar refractivity (Wildman–Crippen MR) is 87.5 cm³/mol. The molecule has 0 aromatic rings. The first-order valence-corrected chi connectivity index (χ1v) is 8.67. The molecule has 1 saturated heterocycles. The van der Waals surface area contributed by atoms with Crippen LogP contribution < -0.4 is 5.32 Å². The number of carboxylic acids is 1. The molecule has 1 saturated carbocycles. The van der Waals surface area contributed by atoms with Gasteiger partial charge in [0.2, 0.25) is 5.91 Å². The molecule has 1 aliphatic carbocycles. The van der Waals surface area contributed by atoms with Gasteiger partial charge in [0.05, 0.1) is 0 Å². The minimum absolute atomic E-state index is 0.00276. The van der Waals surface area contributed by atoms with Crippen molar-refractivity contribution in [3.05, 3.63) is 0 Å². The summed E-state index contributed by atoms with van der Waals surface area (Å²) < 4.78 is 5.10. The first-order valence-electron chi connectivity index (χ1n) is 8.67. The number of carbonyl (C=O) groups is 3. The Labute approximate surface area is 142 Å². The molecular weight excluding hydrogens is 312 g/mol. The van der Waals surface area contributed by atoms with Crippen molar-refractivity contribution < 1.29 is 24.2 Å². The van der Waals surface area contributed by atoms with Crippen LogP contribution in [0.25, 0.3) is 0 Å². The van der Waals surface area contributed by atoms with E-state index in [4.69, 9.17) is 4.74 Å². The number of nitrogens with zero attached hydrogens (tertiary/aromatic N) is 1. The van der Waals surface area contributed by atoms with Crippen LogP contribution in [0, 0.1) is 5.92 Å². The normalized spacial score (nSPS) is 24.9. The third kappa shape index (κ3) is 3.82. The summed E-state index contributed by atoms with van der Waals surface area (Å²) in [5, 5.41) is 12.2. The Kier molecular flexibility index (Phi) is 5.40. The number of amides is 2. The molecule has 0 aromatic carbocycles. The summed E-state index contributed by atoms with van der Waals surface area (Å²) in [6.45, 7) is 5.40. The fourth-order valence-corrected chi connectivity index (χ4v) is 3.77. The Bertz CT molecular complexity index is 508. The van der Waals surface area contributed by atoms with Crippen LogP contribution in [-0.4, -0.2) is 52.2 Å². The number of carbonyl (C=O) groups excluding carboxylic acids is 2. The fourth-order valence-electron chi connectivity index (χ4n) is 3.77. The molecule has 2 rings (SSSR count). The fraction of sp³-hybridized carbons (Fsp3) is 0.824. The van der Waals surface area contributed by atoms with Gasteiger partial charge in [-0.25, -0.2) is 9.59 Å². The molecule has 1 heterocycles. The summed E-state index contributed by atoms with van der Waals surface area (Å²) in [4.78, 5) is 37.5. The first-order chi connectivity index (χ1) is 11.2. The lowest BCUT2D eigenvalue weighted by Crippen LogP contribution is -2.71. The van der Waals surface area contributed by atoms with E-state index >= 15 is 0 Å². The Morgan fingerprint density at radius 3 is 2.29 bits per heavy atom. The molecule has 0 bridgehead atoms. The summed E-state index contributed by atoms with van der Waals surface area (Å²) in [6, 6.07) is 0. The van der Waals surface area contributed by atoms with Crippen LogP contribution in [-0.2, 0) is 14.3 Å². The molecule has 1 aliphatic heterocycles. The molecule has 1 atom stereocenters. The number of nitrogens with one attached hydrogen (secondary N) is 1. The summed E-state index contributed by atoms with van der Waals surface area (Å²) in [7, 11) is 0. The Morgan fingerprint density at radius 1 is 1.21 bits per heavy atom. The van der Waals surface area contributed by atoms with Crippen molar-refractivity contribution in [3.63, 3.8) is 0 Å². The molecule has 7 nitrogen and oxygen atoms in total. The number of aliphatic carboxylic acids is 1. The van der Waals surface area contributed by atoms with Crippen molar-refractivity contribution in [2.24, 2.45) is 5.92 Å². The maximum Gasteiger partial charge on any atom is 0.408 e. The van der Waals surface area contributed by atoms with Crippen molar-refractivity contribution in [1.29, 1.82) is 0 Å². The van der Waals surface area contributed by atoms with E-state index in [1.54, 1.807) is 20.8 Å². The highest BCUT2D eigenvalue weighted by Crippen LogP contribution is 2.44. The Hall–Kier alpha value is -1.79. The standard InChI is InChI=1S/C17H28N2O5/c1-16(2,3)24-15(23)18-11-13(20)19-10-9-17(19,14(21)22)12-7-5-4-6-8-12/h12H,4-11H2,1-3H3,(H,18,23)(H,21,22). The van der Waals surface area contributed by atoms with Crippen LogP contribution in [0.3, 0.4) is 0 Å². The highest BCUT2D eigenvalue weighted by Gasteiger charge is 2.58. The molecule has 0 spiro atoms. The topological polar surface area (TPSA) is 95.9 Å². The second-order valence-corrected chi connectivity index (χ2v) is 7.72. The molecule has 24 heavy (non-hydrogen) atoms. The predicted octanol–water partition coefficient (Wildman–Crippen LogP) is 2.15. The van der Waals surface area contributed by atoms with Gasteiger partial charge >= 0.3 is 12.1 Å². The van der Waals surface area contributed by atoms with E-state index in [1.807, 2.05) is 0 Å². The van der Waals surface area contributed by atoms with Gasteiger partial charge < -0.3 is 20.1 Å². The molecule has 2 fully saturated rings. The van der Waals surface area contributed by atoms with E-state index in [9.17, 15) is 19.5 Å². The minimum atomic E-state index is -1.09. The average molecular weight is 340 g/mol. The van der Waals surface area contributed by atoms with Crippen LogP contribution in [0.1, 0.15) is 59.3 Å². The van der Waals surface area contributed by atoms with Gasteiger partial charge in [0.15, 0.2) is 0 Å². The molecule has 2 aliphatic rings. The van der Waals surface area contributed by atoms with Gasteiger partial charge in [0.25, 0.3) is 0 Å². The van der Waals surface area contributed by atoms with Gasteiger partial charge in [0, 0.05) is 6.54 Å². The lowest BCUT2D eigenvalue weighted by Gasteiger charge is -2.54. The van der Waals surface area contributed by atoms with Crippen LogP contribution >= 0.6 is 0 Å². The quantitative estimate of drug-likeness (QED) is 0.817. The summed E-state index contributed by atoms with van der Waals surface area (Å²) >= 11 is 0. The van der Waals surface area contributed by atoms with Crippen LogP contribution in [0.15, 0.2) is 0 Å². The van der Waals surface area contributed by atoms with E-state index in [-0.39, 0.29) is 18.4 Å². The highest BCUT2D eigenvalue weighted by atomic mass is 16.6. The van der Waals surface area contributed by atoms with E-state index in [2.05, 4.69) is 5.32 Å². The zero-order valence-corrected chi connectivity index (χ0v) is 14.8. The van der Waals surface area contributed by atoms with Crippen molar-refractivity contribution in [2.75, 3.05) is 13.1 Å². The number of carboxylic acid groups (broad SMARTS) is 1. The number of hydrogen-bond acceptors (Lipinski definition) is 4. The van der Waals surface area contributed by atoms with E-state index in [0.717, 1.165) is 32.1 Å². The number of rotatable bonds is 4. The summed E-state index contributed by atoms with van der Waals surface area (Å²) in [6.07, 6.45) is 4.65. The van der Waals surface area contributed by atoms with E-state index < -0.39 is 23.2 Å². The largest absolute Gasteiger partial charge is 0.479 e. The van der Waals surface area contributed by atoms with Crippen molar-refractivity contribution in [2.45, 2.75) is 70.4 Å². The molecule has 0 radical (unpaired) electrons. The molecule has 0 aromatic heterocycles. The molecule has 136 valence electrons. The summed E-state index contributed by atoms with van der Waals surface area (Å²) in [5.74, 6) is -1.28. The van der Waals surface area contributed by atoms with E-state index in [0.29, 0.717) is 13.0 Å². The van der Waals surface area contributed by atoms with Crippen LogP contribution in [0.5, 0.6) is 0 Å².